The van der Waals surface area contributed by atoms with Crippen molar-refractivity contribution >= 4 is 11.3 Å². The van der Waals surface area contributed by atoms with Gasteiger partial charge >= 0.3 is 6.18 Å². The Labute approximate surface area is 105 Å². The summed E-state index contributed by atoms with van der Waals surface area (Å²) in [6.07, 6.45) is -1.71. The van der Waals surface area contributed by atoms with Crippen molar-refractivity contribution in [1.82, 2.24) is 9.97 Å². The predicted molar refractivity (Wildman–Crippen MR) is 62.1 cm³/mol. The molecule has 0 bridgehead atoms. The minimum Gasteiger partial charge on any atom is -0.318 e. The van der Waals surface area contributed by atoms with Crippen molar-refractivity contribution in [3.8, 4) is 0 Å². The highest BCUT2D eigenvalue weighted by atomic mass is 32.1. The molecule has 0 spiro atoms. The minimum atomic E-state index is -4.43. The summed E-state index contributed by atoms with van der Waals surface area (Å²) in [6, 6.07) is 2.88. The molecule has 2 N–H and O–H groups in total. The van der Waals surface area contributed by atoms with Crippen LogP contribution in [-0.2, 0) is 6.18 Å². The highest BCUT2D eigenvalue weighted by molar-refractivity contribution is 7.11. The van der Waals surface area contributed by atoms with Crippen LogP contribution in [0.15, 0.2) is 24.5 Å². The minimum absolute atomic E-state index is 0.351. The van der Waals surface area contributed by atoms with E-state index < -0.39 is 17.2 Å². The van der Waals surface area contributed by atoms with Gasteiger partial charge < -0.3 is 5.73 Å². The summed E-state index contributed by atoms with van der Waals surface area (Å²) in [6.45, 7) is 1.81. The molecule has 18 heavy (non-hydrogen) atoms. The smallest absolute Gasteiger partial charge is 0.318 e. The van der Waals surface area contributed by atoms with Crippen molar-refractivity contribution < 1.29 is 13.2 Å². The second kappa shape index (κ2) is 4.66. The summed E-state index contributed by atoms with van der Waals surface area (Å²) < 4.78 is 37.3. The number of hydrogen-bond donors (Lipinski definition) is 1. The highest BCUT2D eigenvalue weighted by Gasteiger charge is 2.35. The van der Waals surface area contributed by atoms with E-state index in [1.807, 2.05) is 13.0 Å². The molecular formula is C11H10F3N3S. The second-order valence-corrected chi connectivity index (χ2v) is 4.81. The Hall–Kier alpha value is -1.47. The zero-order valence-corrected chi connectivity index (χ0v) is 10.2. The van der Waals surface area contributed by atoms with E-state index >= 15 is 0 Å². The van der Waals surface area contributed by atoms with E-state index in [2.05, 4.69) is 9.97 Å². The zero-order valence-electron chi connectivity index (χ0n) is 9.40. The molecule has 7 heteroatoms. The fourth-order valence-electron chi connectivity index (χ4n) is 1.52. The molecule has 96 valence electrons. The van der Waals surface area contributed by atoms with Gasteiger partial charge in [0.15, 0.2) is 5.01 Å². The maximum Gasteiger partial charge on any atom is 0.443 e. The van der Waals surface area contributed by atoms with Gasteiger partial charge in [-0.25, -0.2) is 4.98 Å². The Morgan fingerprint density at radius 1 is 1.33 bits per heavy atom. The molecule has 2 aromatic heterocycles. The third-order valence-corrected chi connectivity index (χ3v) is 3.54. The van der Waals surface area contributed by atoms with Gasteiger partial charge in [0.05, 0.1) is 11.7 Å². The van der Waals surface area contributed by atoms with Crippen molar-refractivity contribution in [2.75, 3.05) is 0 Å². The fraction of sp³-hybridized carbons (Fsp3) is 0.273. The van der Waals surface area contributed by atoms with Crippen LogP contribution in [0.5, 0.6) is 0 Å². The number of aromatic nitrogens is 2. The van der Waals surface area contributed by atoms with E-state index in [-0.39, 0.29) is 0 Å². The maximum absolute atomic E-state index is 12.4. The van der Waals surface area contributed by atoms with Gasteiger partial charge in [-0.15, -0.1) is 11.3 Å². The van der Waals surface area contributed by atoms with Crippen LogP contribution < -0.4 is 5.73 Å². The van der Waals surface area contributed by atoms with Crippen LogP contribution in [0, 0.1) is 6.92 Å². The number of halogens is 3. The lowest BCUT2D eigenvalue weighted by atomic mass is 10.1. The molecule has 1 atom stereocenters. The van der Waals surface area contributed by atoms with Gasteiger partial charge in [0.1, 0.15) is 0 Å². The lowest BCUT2D eigenvalue weighted by molar-refractivity contribution is -0.137. The van der Waals surface area contributed by atoms with Crippen LogP contribution in [-0.4, -0.2) is 9.97 Å². The number of thiazole rings is 1. The number of alkyl halides is 3. The summed E-state index contributed by atoms with van der Waals surface area (Å²) in [5, 5.41) is -0.887. The zero-order chi connectivity index (χ0) is 13.3. The number of aryl methyl sites for hydroxylation is 1. The van der Waals surface area contributed by atoms with E-state index in [9.17, 15) is 13.2 Å². The quantitative estimate of drug-likeness (QED) is 0.915. The molecule has 0 aliphatic heterocycles. The average molecular weight is 273 g/mol. The molecule has 1 unspecified atom stereocenters. The first-order valence-electron chi connectivity index (χ1n) is 5.09. The Morgan fingerprint density at radius 3 is 2.61 bits per heavy atom. The Bertz CT molecular complexity index is 550. The third-order valence-electron chi connectivity index (χ3n) is 2.42. The molecule has 0 fully saturated rings. The first-order chi connectivity index (χ1) is 8.39. The van der Waals surface area contributed by atoms with Crippen LogP contribution in [0.4, 0.5) is 13.2 Å². The Balaban J connectivity index is 2.33. The lowest BCUT2D eigenvalue weighted by Gasteiger charge is -2.10. The van der Waals surface area contributed by atoms with Gasteiger partial charge in [-0.3, -0.25) is 4.98 Å². The Morgan fingerprint density at radius 2 is 2.06 bits per heavy atom. The largest absolute Gasteiger partial charge is 0.443 e. The molecule has 2 heterocycles. The summed E-state index contributed by atoms with van der Waals surface area (Å²) in [5.41, 5.74) is 7.32. The average Bonchev–Trinajstić information content (AvgIpc) is 2.77. The summed E-state index contributed by atoms with van der Waals surface area (Å²) in [7, 11) is 0. The van der Waals surface area contributed by atoms with Crippen molar-refractivity contribution in [3.63, 3.8) is 0 Å². The number of nitrogens with zero attached hydrogens (tertiary/aromatic N) is 2. The van der Waals surface area contributed by atoms with E-state index in [4.69, 9.17) is 5.73 Å². The third kappa shape index (κ3) is 2.51. The monoisotopic (exact) mass is 273 g/mol. The van der Waals surface area contributed by atoms with Crippen molar-refractivity contribution in [2.45, 2.75) is 19.1 Å². The molecule has 0 aliphatic rings. The SMILES string of the molecule is Cc1cccnc1C(N)c1cnc(C(F)(F)F)s1. The van der Waals surface area contributed by atoms with Crippen LogP contribution >= 0.6 is 11.3 Å². The molecule has 3 nitrogen and oxygen atoms in total. The maximum atomic E-state index is 12.4. The Kier molecular flexibility index (Phi) is 3.36. The predicted octanol–water partition coefficient (Wildman–Crippen LogP) is 2.91. The van der Waals surface area contributed by atoms with Crippen LogP contribution in [0.25, 0.3) is 0 Å². The van der Waals surface area contributed by atoms with Gasteiger partial charge in [0, 0.05) is 17.3 Å². The van der Waals surface area contributed by atoms with E-state index in [0.29, 0.717) is 21.9 Å². The lowest BCUT2D eigenvalue weighted by Crippen LogP contribution is -2.13. The summed E-state index contributed by atoms with van der Waals surface area (Å²) >= 11 is 0.550. The van der Waals surface area contributed by atoms with E-state index in [1.165, 1.54) is 0 Å². The molecule has 2 aromatic rings. The van der Waals surface area contributed by atoms with Gasteiger partial charge in [-0.2, -0.15) is 13.2 Å². The number of nitrogens with two attached hydrogens (primary N) is 1. The molecule has 2 rings (SSSR count). The molecule has 0 aliphatic carbocycles. The summed E-state index contributed by atoms with van der Waals surface area (Å²) in [4.78, 5) is 7.80. The van der Waals surface area contributed by atoms with Gasteiger partial charge in [0.25, 0.3) is 0 Å². The number of rotatable bonds is 2. The number of pyridine rings is 1. The van der Waals surface area contributed by atoms with Gasteiger partial charge in [0.2, 0.25) is 0 Å². The van der Waals surface area contributed by atoms with Crippen molar-refractivity contribution in [3.05, 3.63) is 45.7 Å². The highest BCUT2D eigenvalue weighted by Crippen LogP contribution is 2.35. The molecule has 0 aromatic carbocycles. The molecule has 0 saturated carbocycles. The van der Waals surface area contributed by atoms with Crippen LogP contribution in [0.3, 0.4) is 0 Å². The first-order valence-corrected chi connectivity index (χ1v) is 5.91. The fourth-order valence-corrected chi connectivity index (χ4v) is 2.31. The second-order valence-electron chi connectivity index (χ2n) is 3.75. The summed E-state index contributed by atoms with van der Waals surface area (Å²) in [5.74, 6) is 0. The first kappa shape index (κ1) is 13.0. The standard InChI is InChI=1S/C11H10F3N3S/c1-6-3-2-4-16-9(6)8(15)7-5-17-10(18-7)11(12,13)14/h2-5,8H,15H2,1H3. The number of hydrogen-bond acceptors (Lipinski definition) is 4. The van der Waals surface area contributed by atoms with E-state index in [0.717, 1.165) is 11.8 Å². The van der Waals surface area contributed by atoms with Crippen LogP contribution in [0.1, 0.15) is 27.2 Å². The van der Waals surface area contributed by atoms with Gasteiger partial charge in [-0.1, -0.05) is 6.07 Å². The van der Waals surface area contributed by atoms with Crippen molar-refractivity contribution in [2.24, 2.45) is 5.73 Å². The topological polar surface area (TPSA) is 51.8 Å². The normalized spacial score (nSPS) is 13.6. The van der Waals surface area contributed by atoms with Crippen molar-refractivity contribution in [1.29, 1.82) is 0 Å². The molecule has 0 amide bonds. The van der Waals surface area contributed by atoms with Gasteiger partial charge in [-0.05, 0) is 18.6 Å². The van der Waals surface area contributed by atoms with Crippen LogP contribution in [0.2, 0.25) is 0 Å². The molecule has 0 saturated heterocycles. The molecular weight excluding hydrogens is 263 g/mol. The van der Waals surface area contributed by atoms with E-state index in [1.54, 1.807) is 12.3 Å². The molecule has 0 radical (unpaired) electrons.